The maximum atomic E-state index is 6.24. The van der Waals surface area contributed by atoms with Gasteiger partial charge >= 0.3 is 0 Å². The lowest BCUT2D eigenvalue weighted by Gasteiger charge is -2.32. The summed E-state index contributed by atoms with van der Waals surface area (Å²) >= 11 is 12.5. The second kappa shape index (κ2) is 2.78. The Morgan fingerprint density at radius 1 is 0.917 bits per heavy atom. The third-order valence-corrected chi connectivity index (χ3v) is 3.33. The highest BCUT2D eigenvalue weighted by Gasteiger charge is 2.32. The second-order valence-electron chi connectivity index (χ2n) is 3.81. The highest BCUT2D eigenvalue weighted by molar-refractivity contribution is 6.30. The molecule has 0 N–H and O–H groups in total. The van der Waals surface area contributed by atoms with Gasteiger partial charge in [-0.05, 0) is 27.7 Å². The molecule has 1 aliphatic carbocycles. The Labute approximate surface area is 84.2 Å². The average Bonchev–Trinajstić information content (AvgIpc) is 1.82. The second-order valence-corrected chi connectivity index (χ2v) is 5.38. The van der Waals surface area contributed by atoms with Crippen LogP contribution < -0.4 is 0 Å². The number of hydrogen-bond acceptors (Lipinski definition) is 0. The van der Waals surface area contributed by atoms with Gasteiger partial charge in [0, 0.05) is 0 Å². The lowest BCUT2D eigenvalue weighted by molar-refractivity contribution is 0.783. The maximum absolute atomic E-state index is 6.24. The molecule has 0 spiro atoms. The summed E-state index contributed by atoms with van der Waals surface area (Å²) in [7, 11) is 0. The molecule has 0 radical (unpaired) electrons. The molecule has 0 saturated heterocycles. The molecule has 0 saturated carbocycles. The van der Waals surface area contributed by atoms with Gasteiger partial charge in [-0.3, -0.25) is 0 Å². The smallest absolute Gasteiger partial charge is 0.0808 e. The van der Waals surface area contributed by atoms with Gasteiger partial charge in [-0.15, -0.1) is 23.2 Å². The van der Waals surface area contributed by atoms with Gasteiger partial charge in [0.2, 0.25) is 0 Å². The van der Waals surface area contributed by atoms with Crippen LogP contribution in [0.15, 0.2) is 23.3 Å². The predicted molar refractivity (Wildman–Crippen MR) is 56.0 cm³/mol. The number of rotatable bonds is 0. The van der Waals surface area contributed by atoms with Crippen molar-refractivity contribution in [3.05, 3.63) is 23.3 Å². The highest BCUT2D eigenvalue weighted by Crippen LogP contribution is 2.39. The predicted octanol–water partition coefficient (Wildman–Crippen LogP) is 3.89. The van der Waals surface area contributed by atoms with Crippen LogP contribution >= 0.6 is 23.2 Å². The molecule has 0 amide bonds. The van der Waals surface area contributed by atoms with Gasteiger partial charge in [-0.25, -0.2) is 0 Å². The van der Waals surface area contributed by atoms with Crippen LogP contribution in [-0.4, -0.2) is 9.75 Å². The Hall–Kier alpha value is 0.0600. The van der Waals surface area contributed by atoms with Crippen molar-refractivity contribution in [1.29, 1.82) is 0 Å². The molecule has 0 nitrogen and oxygen atoms in total. The summed E-state index contributed by atoms with van der Waals surface area (Å²) in [6.07, 6.45) is 4.05. The molecular weight excluding hydrogens is 191 g/mol. The van der Waals surface area contributed by atoms with Gasteiger partial charge in [-0.2, -0.15) is 0 Å². The van der Waals surface area contributed by atoms with E-state index in [0.717, 1.165) is 11.1 Å². The zero-order valence-electron chi connectivity index (χ0n) is 7.91. The van der Waals surface area contributed by atoms with Crippen LogP contribution in [0.4, 0.5) is 0 Å². The number of allylic oxidation sites excluding steroid dienone is 4. The Bertz CT molecular complexity index is 229. The van der Waals surface area contributed by atoms with Gasteiger partial charge in [-0.1, -0.05) is 23.3 Å². The van der Waals surface area contributed by atoms with E-state index >= 15 is 0 Å². The van der Waals surface area contributed by atoms with E-state index in [9.17, 15) is 0 Å². The van der Waals surface area contributed by atoms with E-state index in [2.05, 4.69) is 0 Å². The Balaban J connectivity index is 3.13. The summed E-state index contributed by atoms with van der Waals surface area (Å²) in [6, 6.07) is 0. The molecule has 2 unspecified atom stereocenters. The van der Waals surface area contributed by atoms with Gasteiger partial charge in [0.25, 0.3) is 0 Å². The SMILES string of the molecule is CC1=CC(C)(Cl)C(C)=CC1(C)Cl. The molecule has 0 fully saturated rings. The number of halogens is 2. The molecule has 2 heteroatoms. The fraction of sp³-hybridized carbons (Fsp3) is 0.600. The monoisotopic (exact) mass is 204 g/mol. The summed E-state index contributed by atoms with van der Waals surface area (Å²) in [4.78, 5) is -0.697. The first kappa shape index (κ1) is 10.1. The lowest BCUT2D eigenvalue weighted by Crippen LogP contribution is -2.28. The van der Waals surface area contributed by atoms with E-state index in [4.69, 9.17) is 23.2 Å². The molecule has 0 aromatic heterocycles. The first-order valence-corrected chi connectivity index (χ1v) is 4.79. The molecule has 0 bridgehead atoms. The first-order valence-electron chi connectivity index (χ1n) is 4.03. The number of hydrogen-bond donors (Lipinski definition) is 0. The van der Waals surface area contributed by atoms with E-state index < -0.39 is 0 Å². The maximum Gasteiger partial charge on any atom is 0.0808 e. The first-order chi connectivity index (χ1) is 5.26. The molecule has 0 aromatic rings. The average molecular weight is 205 g/mol. The highest BCUT2D eigenvalue weighted by atomic mass is 35.5. The van der Waals surface area contributed by atoms with Crippen molar-refractivity contribution in [2.75, 3.05) is 0 Å². The Morgan fingerprint density at radius 2 is 1.17 bits per heavy atom. The van der Waals surface area contributed by atoms with Crippen LogP contribution in [0.3, 0.4) is 0 Å². The quantitative estimate of drug-likeness (QED) is 0.415. The minimum Gasteiger partial charge on any atom is -0.110 e. The van der Waals surface area contributed by atoms with Crippen molar-refractivity contribution in [2.45, 2.75) is 37.4 Å². The number of alkyl halides is 2. The van der Waals surface area contributed by atoms with Crippen LogP contribution in [-0.2, 0) is 0 Å². The molecule has 12 heavy (non-hydrogen) atoms. The summed E-state index contributed by atoms with van der Waals surface area (Å²) in [5.41, 5.74) is 2.24. The fourth-order valence-corrected chi connectivity index (χ4v) is 1.76. The van der Waals surface area contributed by atoms with Crippen molar-refractivity contribution in [2.24, 2.45) is 0 Å². The molecule has 0 aromatic carbocycles. The van der Waals surface area contributed by atoms with Crippen molar-refractivity contribution < 1.29 is 0 Å². The zero-order valence-corrected chi connectivity index (χ0v) is 9.42. The van der Waals surface area contributed by atoms with Gasteiger partial charge < -0.3 is 0 Å². The van der Waals surface area contributed by atoms with E-state index in [1.807, 2.05) is 39.8 Å². The standard InChI is InChI=1S/C10H14Cl2/c1-7-5-10(4,12)8(2)6-9(7,3)11/h5-6H,1-4H3. The van der Waals surface area contributed by atoms with Crippen LogP contribution in [0.2, 0.25) is 0 Å². The van der Waals surface area contributed by atoms with E-state index in [1.54, 1.807) is 0 Å². The van der Waals surface area contributed by atoms with Crippen LogP contribution in [0.5, 0.6) is 0 Å². The van der Waals surface area contributed by atoms with Crippen LogP contribution in [0.25, 0.3) is 0 Å². The van der Waals surface area contributed by atoms with Gasteiger partial charge in [0.1, 0.15) is 0 Å². The summed E-state index contributed by atoms with van der Waals surface area (Å²) in [6.45, 7) is 7.99. The summed E-state index contributed by atoms with van der Waals surface area (Å²) < 4.78 is 0. The largest absolute Gasteiger partial charge is 0.110 e. The van der Waals surface area contributed by atoms with E-state index in [-0.39, 0.29) is 9.75 Å². The van der Waals surface area contributed by atoms with Crippen LogP contribution in [0, 0.1) is 0 Å². The summed E-state index contributed by atoms with van der Waals surface area (Å²) in [5.74, 6) is 0. The molecule has 1 aliphatic rings. The normalized spacial score (nSPS) is 42.2. The van der Waals surface area contributed by atoms with Crippen molar-refractivity contribution in [3.63, 3.8) is 0 Å². The molecular formula is C10H14Cl2. The minimum absolute atomic E-state index is 0.349. The zero-order chi connectivity index (χ0) is 9.57. The molecule has 1 rings (SSSR count). The fourth-order valence-electron chi connectivity index (χ4n) is 1.32. The minimum atomic E-state index is -0.349. The molecule has 0 aliphatic heterocycles. The van der Waals surface area contributed by atoms with Crippen molar-refractivity contribution in [3.8, 4) is 0 Å². The molecule has 0 heterocycles. The lowest BCUT2D eigenvalue weighted by atomic mass is 9.85. The Kier molecular flexibility index (Phi) is 2.35. The third kappa shape index (κ3) is 1.70. The van der Waals surface area contributed by atoms with Gasteiger partial charge in [0.05, 0.1) is 9.75 Å². The summed E-state index contributed by atoms with van der Waals surface area (Å²) in [5, 5.41) is 0. The Morgan fingerprint density at radius 3 is 1.42 bits per heavy atom. The topological polar surface area (TPSA) is 0 Å². The van der Waals surface area contributed by atoms with E-state index in [1.165, 1.54) is 0 Å². The molecule has 2 atom stereocenters. The van der Waals surface area contributed by atoms with Crippen molar-refractivity contribution in [1.82, 2.24) is 0 Å². The molecule has 68 valence electrons. The van der Waals surface area contributed by atoms with Crippen LogP contribution in [0.1, 0.15) is 27.7 Å². The van der Waals surface area contributed by atoms with Crippen molar-refractivity contribution >= 4 is 23.2 Å². The third-order valence-electron chi connectivity index (χ3n) is 2.52. The van der Waals surface area contributed by atoms with E-state index in [0.29, 0.717) is 0 Å². The van der Waals surface area contributed by atoms with Gasteiger partial charge in [0.15, 0.2) is 0 Å².